The van der Waals surface area contributed by atoms with E-state index in [1.807, 2.05) is 6.92 Å². The fourth-order valence-corrected chi connectivity index (χ4v) is 3.29. The molecule has 4 atom stereocenters. The Kier molecular flexibility index (Phi) is 5.94. The van der Waals surface area contributed by atoms with Crippen molar-refractivity contribution in [2.75, 3.05) is 13.6 Å². The molecule has 0 aliphatic carbocycles. The van der Waals surface area contributed by atoms with Gasteiger partial charge in [0.2, 0.25) is 11.8 Å². The summed E-state index contributed by atoms with van der Waals surface area (Å²) in [5.41, 5.74) is 0.752. The summed E-state index contributed by atoms with van der Waals surface area (Å²) in [5, 5.41) is 12.3. The molecule has 1 aliphatic rings. The number of aliphatic hydroxyl groups is 1. The molecule has 1 aliphatic heterocycles. The smallest absolute Gasteiger partial charge is 0.226 e. The van der Waals surface area contributed by atoms with Crippen molar-refractivity contribution in [3.8, 4) is 0 Å². The fourth-order valence-electron chi connectivity index (χ4n) is 3.29. The Labute approximate surface area is 141 Å². The lowest BCUT2D eigenvalue weighted by Gasteiger charge is -2.25. The topological polar surface area (TPSA) is 69.6 Å². The van der Waals surface area contributed by atoms with E-state index in [1.165, 1.54) is 12.1 Å². The van der Waals surface area contributed by atoms with Crippen LogP contribution in [0.15, 0.2) is 24.3 Å². The van der Waals surface area contributed by atoms with Crippen LogP contribution in [0.4, 0.5) is 4.39 Å². The third kappa shape index (κ3) is 4.32. The van der Waals surface area contributed by atoms with E-state index in [-0.39, 0.29) is 36.0 Å². The van der Waals surface area contributed by atoms with Gasteiger partial charge in [-0.15, -0.1) is 0 Å². The zero-order valence-corrected chi connectivity index (χ0v) is 14.3. The van der Waals surface area contributed by atoms with Gasteiger partial charge >= 0.3 is 0 Å². The fraction of sp³-hybridized carbons (Fsp3) is 0.556. The number of amides is 2. The highest BCUT2D eigenvalue weighted by Gasteiger charge is 2.42. The maximum Gasteiger partial charge on any atom is 0.226 e. The number of carbonyl (C=O) groups excluding carboxylic acids is 2. The summed E-state index contributed by atoms with van der Waals surface area (Å²) in [6.45, 7) is 4.12. The van der Waals surface area contributed by atoms with Gasteiger partial charge in [0.15, 0.2) is 0 Å². The Bertz CT molecular complexity index is 588. The van der Waals surface area contributed by atoms with Crippen LogP contribution in [0.1, 0.15) is 38.3 Å². The van der Waals surface area contributed by atoms with Crippen LogP contribution in [-0.4, -0.2) is 41.5 Å². The van der Waals surface area contributed by atoms with Crippen molar-refractivity contribution in [2.24, 2.45) is 11.8 Å². The van der Waals surface area contributed by atoms with Crippen LogP contribution in [0.3, 0.4) is 0 Å². The Hall–Kier alpha value is -1.95. The summed E-state index contributed by atoms with van der Waals surface area (Å²) >= 11 is 0. The van der Waals surface area contributed by atoms with Crippen LogP contribution in [0.2, 0.25) is 0 Å². The van der Waals surface area contributed by atoms with Gasteiger partial charge in [-0.3, -0.25) is 9.59 Å². The molecule has 1 aromatic carbocycles. The van der Waals surface area contributed by atoms with Crippen LogP contribution >= 0.6 is 0 Å². The Balaban J connectivity index is 2.07. The van der Waals surface area contributed by atoms with E-state index in [2.05, 4.69) is 5.32 Å². The van der Waals surface area contributed by atoms with Crippen molar-refractivity contribution in [2.45, 2.75) is 38.8 Å². The summed E-state index contributed by atoms with van der Waals surface area (Å²) in [5.74, 6) is -0.973. The van der Waals surface area contributed by atoms with E-state index < -0.39 is 12.0 Å². The number of nitrogens with zero attached hydrogens (tertiary/aromatic N) is 1. The Morgan fingerprint density at radius 1 is 1.38 bits per heavy atom. The van der Waals surface area contributed by atoms with Crippen molar-refractivity contribution < 1.29 is 19.1 Å². The molecule has 1 fully saturated rings. The molecule has 0 saturated carbocycles. The van der Waals surface area contributed by atoms with Gasteiger partial charge in [-0.05, 0) is 37.0 Å². The summed E-state index contributed by atoms with van der Waals surface area (Å²) in [4.78, 5) is 26.2. The maximum absolute atomic E-state index is 13.1. The lowest BCUT2D eigenvalue weighted by atomic mass is 9.92. The maximum atomic E-state index is 13.1. The molecule has 1 aromatic rings. The number of carbonyl (C=O) groups is 2. The second-order valence-electron chi connectivity index (χ2n) is 6.75. The first-order valence-electron chi connectivity index (χ1n) is 8.26. The first kappa shape index (κ1) is 18.4. The summed E-state index contributed by atoms with van der Waals surface area (Å²) in [7, 11) is 1.67. The van der Waals surface area contributed by atoms with Gasteiger partial charge in [-0.25, -0.2) is 4.39 Å². The van der Waals surface area contributed by atoms with Crippen molar-refractivity contribution in [1.82, 2.24) is 10.2 Å². The van der Waals surface area contributed by atoms with Gasteiger partial charge in [0.05, 0.1) is 18.1 Å². The molecule has 0 spiro atoms. The van der Waals surface area contributed by atoms with Crippen LogP contribution in [0.25, 0.3) is 0 Å². The molecule has 0 bridgehead atoms. The van der Waals surface area contributed by atoms with Gasteiger partial charge in [0.1, 0.15) is 5.82 Å². The monoisotopic (exact) mass is 336 g/mol. The quantitative estimate of drug-likeness (QED) is 0.833. The van der Waals surface area contributed by atoms with Crippen molar-refractivity contribution in [1.29, 1.82) is 0 Å². The highest BCUT2D eigenvalue weighted by molar-refractivity contribution is 5.90. The zero-order valence-electron chi connectivity index (χ0n) is 14.3. The van der Waals surface area contributed by atoms with Gasteiger partial charge in [-0.1, -0.05) is 19.1 Å². The molecular formula is C18H25FN2O3. The molecule has 6 heteroatoms. The van der Waals surface area contributed by atoms with Crippen molar-refractivity contribution in [3.63, 3.8) is 0 Å². The molecule has 2 rings (SSSR count). The highest BCUT2D eigenvalue weighted by Crippen LogP contribution is 2.37. The van der Waals surface area contributed by atoms with E-state index in [0.717, 1.165) is 5.56 Å². The third-order valence-electron chi connectivity index (χ3n) is 4.50. The molecule has 1 saturated heterocycles. The molecule has 132 valence electrons. The number of nitrogens with one attached hydrogen (secondary N) is 1. The van der Waals surface area contributed by atoms with E-state index in [9.17, 15) is 19.1 Å². The molecule has 0 aromatic heterocycles. The third-order valence-corrected chi connectivity index (χ3v) is 4.50. The van der Waals surface area contributed by atoms with Crippen molar-refractivity contribution >= 4 is 11.8 Å². The second kappa shape index (κ2) is 7.75. The van der Waals surface area contributed by atoms with Crippen LogP contribution in [0.5, 0.6) is 0 Å². The summed E-state index contributed by atoms with van der Waals surface area (Å²) in [6, 6.07) is 5.53. The number of benzene rings is 1. The molecule has 4 unspecified atom stereocenters. The Morgan fingerprint density at radius 3 is 2.58 bits per heavy atom. The minimum absolute atomic E-state index is 0.0958. The molecule has 0 radical (unpaired) electrons. The van der Waals surface area contributed by atoms with E-state index in [4.69, 9.17) is 0 Å². The lowest BCUT2D eigenvalue weighted by Crippen LogP contribution is -2.37. The Morgan fingerprint density at radius 2 is 2.00 bits per heavy atom. The predicted octanol–water partition coefficient (Wildman–Crippen LogP) is 1.87. The number of hydrogen-bond acceptors (Lipinski definition) is 3. The predicted molar refractivity (Wildman–Crippen MR) is 88.5 cm³/mol. The second-order valence-corrected chi connectivity index (χ2v) is 6.75. The largest absolute Gasteiger partial charge is 0.393 e. The van der Waals surface area contributed by atoms with E-state index in [1.54, 1.807) is 31.0 Å². The normalized spacial score (nSPS) is 23.2. The van der Waals surface area contributed by atoms with Crippen LogP contribution in [0, 0.1) is 17.7 Å². The first-order valence-corrected chi connectivity index (χ1v) is 8.26. The minimum Gasteiger partial charge on any atom is -0.393 e. The average Bonchev–Trinajstić information content (AvgIpc) is 2.81. The first-order chi connectivity index (χ1) is 11.3. The minimum atomic E-state index is -0.494. The molecular weight excluding hydrogens is 311 g/mol. The van der Waals surface area contributed by atoms with Gasteiger partial charge < -0.3 is 15.3 Å². The van der Waals surface area contributed by atoms with Crippen LogP contribution < -0.4 is 5.32 Å². The number of likely N-dealkylation sites (tertiary alicyclic amines) is 1. The summed E-state index contributed by atoms with van der Waals surface area (Å²) in [6.07, 6.45) is 0.336. The van der Waals surface area contributed by atoms with E-state index in [0.29, 0.717) is 13.0 Å². The average molecular weight is 336 g/mol. The molecule has 24 heavy (non-hydrogen) atoms. The summed E-state index contributed by atoms with van der Waals surface area (Å²) < 4.78 is 13.1. The lowest BCUT2D eigenvalue weighted by molar-refractivity contribution is -0.128. The van der Waals surface area contributed by atoms with Gasteiger partial charge in [0.25, 0.3) is 0 Å². The zero-order chi connectivity index (χ0) is 17.9. The molecule has 2 N–H and O–H groups in total. The van der Waals surface area contributed by atoms with E-state index >= 15 is 0 Å². The number of halogens is 1. The highest BCUT2D eigenvalue weighted by atomic mass is 19.1. The van der Waals surface area contributed by atoms with Gasteiger partial charge in [-0.2, -0.15) is 0 Å². The molecule has 1 heterocycles. The number of hydrogen-bond donors (Lipinski definition) is 2. The van der Waals surface area contributed by atoms with Crippen LogP contribution in [-0.2, 0) is 9.59 Å². The molecule has 5 nitrogen and oxygen atoms in total. The van der Waals surface area contributed by atoms with Gasteiger partial charge in [0, 0.05) is 20.0 Å². The number of aliphatic hydroxyl groups excluding tert-OH is 1. The SMILES string of the molecule is CC(O)CC(C)CNC(=O)C1CC(=O)N(C)C1c1ccc(F)cc1. The van der Waals surface area contributed by atoms with Crippen molar-refractivity contribution in [3.05, 3.63) is 35.6 Å². The standard InChI is InChI=1S/C18H25FN2O3/c1-11(8-12(2)22)10-20-18(24)15-9-16(23)21(3)17(15)13-4-6-14(19)7-5-13/h4-7,11-12,15,17,22H,8-10H2,1-3H3,(H,20,24). The number of rotatable bonds is 6. The molecule has 2 amide bonds.